The molecule has 6 nitrogen and oxygen atoms in total. The van der Waals surface area contributed by atoms with Crippen LogP contribution in [0, 0.1) is 0 Å². The van der Waals surface area contributed by atoms with E-state index in [1.54, 1.807) is 32.4 Å². The molecule has 27 heavy (non-hydrogen) atoms. The van der Waals surface area contributed by atoms with Gasteiger partial charge in [-0.2, -0.15) is 0 Å². The SMILES string of the molecule is COc1ccc(C=c2sc3nnc(-c4ccccc4Cl)n3c2=O)cc1OC. The minimum Gasteiger partial charge on any atom is -0.493 e. The predicted molar refractivity (Wildman–Crippen MR) is 106 cm³/mol. The first kappa shape index (κ1) is 17.5. The molecule has 2 heterocycles. The Morgan fingerprint density at radius 2 is 1.85 bits per heavy atom. The normalized spacial score (nSPS) is 11.9. The van der Waals surface area contributed by atoms with Gasteiger partial charge >= 0.3 is 0 Å². The van der Waals surface area contributed by atoms with Gasteiger partial charge in [-0.05, 0) is 35.9 Å². The summed E-state index contributed by atoms with van der Waals surface area (Å²) in [6.07, 6.45) is 1.79. The fraction of sp³-hybridized carbons (Fsp3) is 0.105. The number of methoxy groups -OCH3 is 2. The van der Waals surface area contributed by atoms with Crippen LogP contribution in [0.3, 0.4) is 0 Å². The Morgan fingerprint density at radius 3 is 2.59 bits per heavy atom. The predicted octanol–water partition coefficient (Wildman–Crippen LogP) is 3.04. The highest BCUT2D eigenvalue weighted by Crippen LogP contribution is 2.28. The lowest BCUT2D eigenvalue weighted by molar-refractivity contribution is 0.355. The Bertz CT molecular complexity index is 1250. The van der Waals surface area contributed by atoms with Gasteiger partial charge in [0.1, 0.15) is 0 Å². The van der Waals surface area contributed by atoms with E-state index in [0.717, 1.165) is 5.56 Å². The number of halogens is 1. The van der Waals surface area contributed by atoms with E-state index >= 15 is 0 Å². The van der Waals surface area contributed by atoms with E-state index in [9.17, 15) is 4.79 Å². The molecule has 0 aliphatic heterocycles. The molecule has 0 fully saturated rings. The molecule has 0 aliphatic rings. The summed E-state index contributed by atoms with van der Waals surface area (Å²) in [7, 11) is 3.15. The van der Waals surface area contributed by atoms with Crippen LogP contribution in [-0.2, 0) is 0 Å². The summed E-state index contributed by atoms with van der Waals surface area (Å²) in [4.78, 5) is 13.5. The van der Waals surface area contributed by atoms with Crippen LogP contribution in [0.5, 0.6) is 11.5 Å². The van der Waals surface area contributed by atoms with Crippen molar-refractivity contribution in [2.45, 2.75) is 0 Å². The number of hydrogen-bond donors (Lipinski definition) is 0. The highest BCUT2D eigenvalue weighted by Gasteiger charge is 2.16. The van der Waals surface area contributed by atoms with E-state index in [2.05, 4.69) is 10.2 Å². The topological polar surface area (TPSA) is 65.7 Å². The average molecular weight is 400 g/mol. The zero-order chi connectivity index (χ0) is 19.0. The van der Waals surface area contributed by atoms with Gasteiger partial charge in [0.25, 0.3) is 5.56 Å². The van der Waals surface area contributed by atoms with Gasteiger partial charge in [0.05, 0.1) is 23.8 Å². The minimum absolute atomic E-state index is 0.190. The van der Waals surface area contributed by atoms with Crippen molar-refractivity contribution in [2.24, 2.45) is 0 Å². The molecule has 4 rings (SSSR count). The highest BCUT2D eigenvalue weighted by atomic mass is 35.5. The molecule has 2 aromatic heterocycles. The van der Waals surface area contributed by atoms with Gasteiger partial charge in [-0.15, -0.1) is 10.2 Å². The molecule has 0 aliphatic carbocycles. The molecule has 0 radical (unpaired) electrons. The quantitative estimate of drug-likeness (QED) is 0.527. The van der Waals surface area contributed by atoms with Crippen LogP contribution < -0.4 is 19.6 Å². The molecule has 136 valence electrons. The zero-order valence-electron chi connectivity index (χ0n) is 14.5. The van der Waals surface area contributed by atoms with E-state index in [4.69, 9.17) is 21.1 Å². The first-order valence-electron chi connectivity index (χ1n) is 7.99. The maximum atomic E-state index is 12.9. The summed E-state index contributed by atoms with van der Waals surface area (Å²) in [5.74, 6) is 1.66. The van der Waals surface area contributed by atoms with Gasteiger partial charge in [0.2, 0.25) is 4.96 Å². The van der Waals surface area contributed by atoms with Gasteiger partial charge in [0.15, 0.2) is 17.3 Å². The molecule has 0 saturated heterocycles. The zero-order valence-corrected chi connectivity index (χ0v) is 16.0. The molecule has 0 amide bonds. The second-order valence-electron chi connectivity index (χ2n) is 5.65. The summed E-state index contributed by atoms with van der Waals surface area (Å²) < 4.78 is 12.6. The van der Waals surface area contributed by atoms with E-state index in [-0.39, 0.29) is 5.56 Å². The number of benzene rings is 2. The number of fused-ring (bicyclic) bond motifs is 1. The van der Waals surface area contributed by atoms with Crippen LogP contribution >= 0.6 is 22.9 Å². The van der Waals surface area contributed by atoms with Gasteiger partial charge in [-0.25, -0.2) is 4.40 Å². The smallest absolute Gasteiger partial charge is 0.276 e. The van der Waals surface area contributed by atoms with Crippen LogP contribution in [0.4, 0.5) is 0 Å². The van der Waals surface area contributed by atoms with E-state index < -0.39 is 0 Å². The molecular weight excluding hydrogens is 386 g/mol. The third-order valence-corrected chi connectivity index (χ3v) is 5.36. The fourth-order valence-electron chi connectivity index (χ4n) is 2.77. The maximum Gasteiger partial charge on any atom is 0.276 e. The number of nitrogens with zero attached hydrogens (tertiary/aromatic N) is 3. The molecule has 0 unspecified atom stereocenters. The summed E-state index contributed by atoms with van der Waals surface area (Å²) >= 11 is 7.52. The second-order valence-corrected chi connectivity index (χ2v) is 7.07. The Kier molecular flexibility index (Phi) is 4.55. The molecule has 2 aromatic carbocycles. The van der Waals surface area contributed by atoms with Gasteiger partial charge in [-0.1, -0.05) is 41.1 Å². The molecule has 0 bridgehead atoms. The van der Waals surface area contributed by atoms with Crippen LogP contribution in [0.1, 0.15) is 5.56 Å². The molecule has 8 heteroatoms. The number of thiazole rings is 1. The summed E-state index contributed by atoms with van der Waals surface area (Å²) in [6, 6.07) is 12.7. The number of ether oxygens (including phenoxy) is 2. The Balaban J connectivity index is 1.88. The van der Waals surface area contributed by atoms with Crippen molar-refractivity contribution in [1.82, 2.24) is 14.6 Å². The summed E-state index contributed by atoms with van der Waals surface area (Å²) in [6.45, 7) is 0. The van der Waals surface area contributed by atoms with E-state index in [0.29, 0.717) is 37.4 Å². The third-order valence-electron chi connectivity index (χ3n) is 4.07. The fourth-order valence-corrected chi connectivity index (χ4v) is 3.91. The van der Waals surface area contributed by atoms with Crippen molar-refractivity contribution in [1.29, 1.82) is 0 Å². The molecule has 4 aromatic rings. The number of aromatic nitrogens is 3. The van der Waals surface area contributed by atoms with Crippen molar-refractivity contribution < 1.29 is 9.47 Å². The van der Waals surface area contributed by atoms with Crippen molar-refractivity contribution in [3.8, 4) is 22.9 Å². The largest absolute Gasteiger partial charge is 0.493 e. The molecular formula is C19H14ClN3O3S. The first-order valence-corrected chi connectivity index (χ1v) is 9.18. The Morgan fingerprint density at radius 1 is 1.07 bits per heavy atom. The van der Waals surface area contributed by atoms with Crippen molar-refractivity contribution >= 4 is 34.0 Å². The lowest BCUT2D eigenvalue weighted by Crippen LogP contribution is -2.23. The van der Waals surface area contributed by atoms with E-state index in [1.807, 2.05) is 30.3 Å². The first-order chi connectivity index (χ1) is 13.1. The van der Waals surface area contributed by atoms with Gasteiger partial charge in [0, 0.05) is 5.56 Å². The summed E-state index contributed by atoms with van der Waals surface area (Å²) in [5, 5.41) is 8.78. The number of hydrogen-bond acceptors (Lipinski definition) is 6. The maximum absolute atomic E-state index is 12.9. The van der Waals surface area contributed by atoms with Crippen molar-refractivity contribution in [2.75, 3.05) is 14.2 Å². The molecule has 0 N–H and O–H groups in total. The van der Waals surface area contributed by atoms with Crippen molar-refractivity contribution in [3.05, 3.63) is 67.9 Å². The number of rotatable bonds is 4. The van der Waals surface area contributed by atoms with Crippen LogP contribution in [0.25, 0.3) is 22.4 Å². The lowest BCUT2D eigenvalue weighted by atomic mass is 10.2. The average Bonchev–Trinajstić information content (AvgIpc) is 3.22. The van der Waals surface area contributed by atoms with Crippen LogP contribution in [0.2, 0.25) is 5.02 Å². The Hall–Kier alpha value is -2.90. The van der Waals surface area contributed by atoms with Gasteiger partial charge < -0.3 is 9.47 Å². The van der Waals surface area contributed by atoms with E-state index in [1.165, 1.54) is 15.7 Å². The third kappa shape index (κ3) is 3.05. The molecule has 0 spiro atoms. The highest BCUT2D eigenvalue weighted by molar-refractivity contribution is 7.15. The standard InChI is InChI=1S/C19H14ClN3O3S/c1-25-14-8-7-11(9-15(14)26-2)10-16-18(24)23-17(21-22-19(23)27-16)12-5-3-4-6-13(12)20/h3-10H,1-2H3. The molecule has 0 atom stereocenters. The lowest BCUT2D eigenvalue weighted by Gasteiger charge is -2.07. The monoisotopic (exact) mass is 399 g/mol. The minimum atomic E-state index is -0.190. The second kappa shape index (κ2) is 7.02. The Labute approximate surface area is 163 Å². The summed E-state index contributed by atoms with van der Waals surface area (Å²) in [5.41, 5.74) is 1.30. The van der Waals surface area contributed by atoms with Crippen molar-refractivity contribution in [3.63, 3.8) is 0 Å². The van der Waals surface area contributed by atoms with Crippen LogP contribution in [0.15, 0.2) is 47.3 Å². The van der Waals surface area contributed by atoms with Crippen LogP contribution in [-0.4, -0.2) is 28.8 Å². The molecule has 0 saturated carbocycles. The van der Waals surface area contributed by atoms with Gasteiger partial charge in [-0.3, -0.25) is 4.79 Å².